The Kier molecular flexibility index (Phi) is 9.32. The van der Waals surface area contributed by atoms with Gasteiger partial charge in [-0.15, -0.1) is 0 Å². The van der Waals surface area contributed by atoms with E-state index in [4.69, 9.17) is 4.74 Å². The van der Waals surface area contributed by atoms with Crippen LogP contribution in [0, 0.1) is 5.92 Å². The van der Waals surface area contributed by atoms with Crippen LogP contribution in [0.3, 0.4) is 0 Å². The van der Waals surface area contributed by atoms with E-state index in [-0.39, 0.29) is 47.9 Å². The number of carbonyl (C=O) groups excluding carboxylic acids is 3. The Morgan fingerprint density at radius 1 is 1.16 bits per heavy atom. The van der Waals surface area contributed by atoms with E-state index in [1.165, 1.54) is 4.90 Å². The van der Waals surface area contributed by atoms with Crippen molar-refractivity contribution in [2.24, 2.45) is 5.92 Å². The van der Waals surface area contributed by atoms with Crippen LogP contribution >= 0.6 is 0 Å². The van der Waals surface area contributed by atoms with Gasteiger partial charge in [-0.3, -0.25) is 9.59 Å². The summed E-state index contributed by atoms with van der Waals surface area (Å²) in [5.74, 6) is -0.343. The standard InChI is InChI=1S/C28H39N5O5/c1-17(2)30-28(37)32(7)15-24-18(3)14-33(19(4)16-34)27(36)23-12-22(13-29-25(23)38-24)20-8-10-21(11-9-20)26(35)31(5)6/h8-13,17-19,24,34H,14-16H2,1-7H3,(H,30,37)/t18-,19-,24+/m0/s1. The number of likely N-dealkylation sites (N-methyl/N-ethyl adjacent to an activating group) is 1. The van der Waals surface area contributed by atoms with Gasteiger partial charge in [0.15, 0.2) is 0 Å². The van der Waals surface area contributed by atoms with E-state index in [0.29, 0.717) is 24.2 Å². The zero-order chi connectivity index (χ0) is 28.1. The number of hydrogen-bond donors (Lipinski definition) is 2. The molecule has 206 valence electrons. The number of nitrogens with one attached hydrogen (secondary N) is 1. The molecular formula is C28H39N5O5. The van der Waals surface area contributed by atoms with Gasteiger partial charge in [0.1, 0.15) is 11.7 Å². The molecule has 0 spiro atoms. The third-order valence-electron chi connectivity index (χ3n) is 6.61. The highest BCUT2D eigenvalue weighted by atomic mass is 16.5. The lowest BCUT2D eigenvalue weighted by atomic mass is 9.99. The van der Waals surface area contributed by atoms with E-state index in [1.54, 1.807) is 62.3 Å². The highest BCUT2D eigenvalue weighted by molar-refractivity contribution is 5.98. The van der Waals surface area contributed by atoms with Gasteiger partial charge in [-0.25, -0.2) is 9.78 Å². The topological polar surface area (TPSA) is 115 Å². The fourth-order valence-electron chi connectivity index (χ4n) is 4.25. The summed E-state index contributed by atoms with van der Waals surface area (Å²) in [6, 6.07) is 8.20. The summed E-state index contributed by atoms with van der Waals surface area (Å²) in [6.45, 7) is 7.98. The SMILES string of the molecule is CC(C)NC(=O)N(C)C[C@H]1Oc2ncc(-c3ccc(C(=O)N(C)C)cc3)cc2C(=O)N([C@@H](C)CO)C[C@@H]1C. The largest absolute Gasteiger partial charge is 0.472 e. The Morgan fingerprint density at radius 2 is 1.82 bits per heavy atom. The lowest BCUT2D eigenvalue weighted by Crippen LogP contribution is -2.51. The molecule has 2 heterocycles. The molecule has 1 aliphatic rings. The zero-order valence-corrected chi connectivity index (χ0v) is 23.3. The number of rotatable bonds is 7. The van der Waals surface area contributed by atoms with Gasteiger partial charge in [0, 0.05) is 57.0 Å². The molecule has 0 saturated heterocycles. The van der Waals surface area contributed by atoms with E-state index in [9.17, 15) is 19.5 Å². The summed E-state index contributed by atoms with van der Waals surface area (Å²) in [5, 5.41) is 12.8. The lowest BCUT2D eigenvalue weighted by molar-refractivity contribution is 0.0352. The van der Waals surface area contributed by atoms with Crippen LogP contribution in [0.4, 0.5) is 4.79 Å². The molecule has 1 aromatic carbocycles. The second-order valence-electron chi connectivity index (χ2n) is 10.5. The van der Waals surface area contributed by atoms with Crippen molar-refractivity contribution >= 4 is 17.8 Å². The molecule has 0 aliphatic carbocycles. The third-order valence-corrected chi connectivity index (χ3v) is 6.61. The molecule has 10 nitrogen and oxygen atoms in total. The molecule has 3 atom stereocenters. The zero-order valence-electron chi connectivity index (χ0n) is 23.3. The van der Waals surface area contributed by atoms with Crippen LogP contribution in [0.1, 0.15) is 48.4 Å². The van der Waals surface area contributed by atoms with Gasteiger partial charge in [-0.05, 0) is 44.5 Å². The molecule has 0 radical (unpaired) electrons. The Morgan fingerprint density at radius 3 is 2.39 bits per heavy atom. The molecule has 0 unspecified atom stereocenters. The second kappa shape index (κ2) is 12.3. The van der Waals surface area contributed by atoms with Crippen LogP contribution in [0.5, 0.6) is 5.88 Å². The minimum absolute atomic E-state index is 0.00461. The molecule has 0 saturated carbocycles. The summed E-state index contributed by atoms with van der Waals surface area (Å²) in [6.07, 6.45) is 1.19. The number of hydrogen-bond acceptors (Lipinski definition) is 6. The highest BCUT2D eigenvalue weighted by Crippen LogP contribution is 2.30. The van der Waals surface area contributed by atoms with E-state index >= 15 is 0 Å². The average Bonchev–Trinajstić information content (AvgIpc) is 2.89. The summed E-state index contributed by atoms with van der Waals surface area (Å²) in [5.41, 5.74) is 2.33. The van der Waals surface area contributed by atoms with Crippen molar-refractivity contribution in [2.45, 2.75) is 45.9 Å². The number of ether oxygens (including phenoxy) is 1. The third kappa shape index (κ3) is 6.61. The molecule has 2 aromatic rings. The Bertz CT molecular complexity index is 1150. The van der Waals surface area contributed by atoms with Crippen LogP contribution < -0.4 is 10.1 Å². The number of carbonyl (C=O) groups is 3. The molecule has 1 aromatic heterocycles. The minimum Gasteiger partial charge on any atom is -0.472 e. The first-order chi connectivity index (χ1) is 17.9. The molecule has 3 rings (SSSR count). The number of aliphatic hydroxyl groups excluding tert-OH is 1. The predicted octanol–water partition coefficient (Wildman–Crippen LogP) is 2.72. The van der Waals surface area contributed by atoms with Crippen LogP contribution in [0.2, 0.25) is 0 Å². The van der Waals surface area contributed by atoms with Crippen LogP contribution in [-0.4, -0.2) is 102 Å². The molecule has 1 aliphatic heterocycles. The first-order valence-corrected chi connectivity index (χ1v) is 12.8. The van der Waals surface area contributed by atoms with Crippen LogP contribution in [0.15, 0.2) is 36.5 Å². The molecule has 2 N–H and O–H groups in total. The molecule has 10 heteroatoms. The van der Waals surface area contributed by atoms with E-state index in [1.807, 2.05) is 32.9 Å². The van der Waals surface area contributed by atoms with Crippen molar-refractivity contribution in [1.82, 2.24) is 25.0 Å². The quantitative estimate of drug-likeness (QED) is 0.575. The smallest absolute Gasteiger partial charge is 0.317 e. The van der Waals surface area contributed by atoms with E-state index in [0.717, 1.165) is 5.56 Å². The highest BCUT2D eigenvalue weighted by Gasteiger charge is 2.35. The Labute approximate surface area is 224 Å². The van der Waals surface area contributed by atoms with Crippen molar-refractivity contribution < 1.29 is 24.2 Å². The van der Waals surface area contributed by atoms with Crippen molar-refractivity contribution in [3.8, 4) is 17.0 Å². The summed E-state index contributed by atoms with van der Waals surface area (Å²) in [4.78, 5) is 47.7. The van der Waals surface area contributed by atoms with Gasteiger partial charge < -0.3 is 29.9 Å². The van der Waals surface area contributed by atoms with Crippen LogP contribution in [0.25, 0.3) is 11.1 Å². The fourth-order valence-corrected chi connectivity index (χ4v) is 4.25. The van der Waals surface area contributed by atoms with Crippen molar-refractivity contribution in [3.05, 3.63) is 47.7 Å². The predicted molar refractivity (Wildman–Crippen MR) is 145 cm³/mol. The molecule has 0 fully saturated rings. The Hall–Kier alpha value is -3.66. The van der Waals surface area contributed by atoms with Crippen molar-refractivity contribution in [2.75, 3.05) is 40.8 Å². The second-order valence-corrected chi connectivity index (χ2v) is 10.5. The maximum Gasteiger partial charge on any atom is 0.317 e. The number of benzene rings is 1. The van der Waals surface area contributed by atoms with Gasteiger partial charge in [0.25, 0.3) is 11.8 Å². The molecule has 4 amide bonds. The molecule has 38 heavy (non-hydrogen) atoms. The number of fused-ring (bicyclic) bond motifs is 1. The van der Waals surface area contributed by atoms with Crippen molar-refractivity contribution in [1.29, 1.82) is 0 Å². The number of pyridine rings is 1. The summed E-state index contributed by atoms with van der Waals surface area (Å²) < 4.78 is 6.28. The minimum atomic E-state index is -0.437. The normalized spacial score (nSPS) is 18.1. The molecular weight excluding hydrogens is 486 g/mol. The summed E-state index contributed by atoms with van der Waals surface area (Å²) in [7, 11) is 5.10. The van der Waals surface area contributed by atoms with Gasteiger partial charge in [0.05, 0.1) is 19.2 Å². The van der Waals surface area contributed by atoms with Gasteiger partial charge in [0.2, 0.25) is 5.88 Å². The van der Waals surface area contributed by atoms with Crippen LogP contribution in [-0.2, 0) is 0 Å². The number of amides is 4. The maximum absolute atomic E-state index is 13.7. The van der Waals surface area contributed by atoms with Crippen molar-refractivity contribution in [3.63, 3.8) is 0 Å². The average molecular weight is 526 g/mol. The van der Waals surface area contributed by atoms with Gasteiger partial charge >= 0.3 is 6.03 Å². The number of aliphatic hydroxyl groups is 1. The first kappa shape index (κ1) is 28.9. The van der Waals surface area contributed by atoms with E-state index in [2.05, 4.69) is 10.3 Å². The first-order valence-electron chi connectivity index (χ1n) is 12.8. The number of urea groups is 1. The van der Waals surface area contributed by atoms with Gasteiger partial charge in [-0.2, -0.15) is 0 Å². The fraction of sp³-hybridized carbons (Fsp3) is 0.500. The van der Waals surface area contributed by atoms with Gasteiger partial charge in [-0.1, -0.05) is 19.1 Å². The number of aromatic nitrogens is 1. The molecule has 0 bridgehead atoms. The number of nitrogens with zero attached hydrogens (tertiary/aromatic N) is 4. The monoisotopic (exact) mass is 525 g/mol. The lowest BCUT2D eigenvalue weighted by Gasteiger charge is -2.37. The maximum atomic E-state index is 13.7. The van der Waals surface area contributed by atoms with E-state index < -0.39 is 12.1 Å². The summed E-state index contributed by atoms with van der Waals surface area (Å²) >= 11 is 0. The Balaban J connectivity index is 1.98.